The molecule has 0 radical (unpaired) electrons. The van der Waals surface area contributed by atoms with E-state index in [2.05, 4.69) is 50.1 Å². The fraction of sp³-hybridized carbons (Fsp3) is 0.150. The number of hydrogen-bond acceptors (Lipinski definition) is 4. The van der Waals surface area contributed by atoms with Gasteiger partial charge in [-0.3, -0.25) is 0 Å². The molecule has 126 valence electrons. The summed E-state index contributed by atoms with van der Waals surface area (Å²) in [6.07, 6.45) is 0. The van der Waals surface area contributed by atoms with E-state index in [4.69, 9.17) is 5.73 Å². The van der Waals surface area contributed by atoms with Crippen molar-refractivity contribution >= 4 is 31.9 Å². The summed E-state index contributed by atoms with van der Waals surface area (Å²) in [5.41, 5.74) is 6.50. The molecule has 0 saturated carbocycles. The molecule has 2 aromatic rings. The number of hydrogen-bond donors (Lipinski definition) is 1. The van der Waals surface area contributed by atoms with Crippen LogP contribution in [0.3, 0.4) is 0 Å². The Morgan fingerprint density at radius 2 is 1.35 bits per heavy atom. The summed E-state index contributed by atoms with van der Waals surface area (Å²) in [4.78, 5) is 0. The van der Waals surface area contributed by atoms with E-state index in [0.717, 1.165) is 20.1 Å². The summed E-state index contributed by atoms with van der Waals surface area (Å²) in [5, 5.41) is 29.7. The highest BCUT2D eigenvalue weighted by Gasteiger charge is 2.56. The van der Waals surface area contributed by atoms with Gasteiger partial charge < -0.3 is 5.73 Å². The van der Waals surface area contributed by atoms with Crippen molar-refractivity contribution in [1.29, 1.82) is 15.8 Å². The smallest absolute Gasteiger partial charge is 0.191 e. The number of nitrogens with zero attached hydrogens (tertiary/aromatic N) is 3. The van der Waals surface area contributed by atoms with Crippen molar-refractivity contribution in [2.45, 2.75) is 11.8 Å². The Balaban J connectivity index is 2.39. The fourth-order valence-electron chi connectivity index (χ4n) is 3.58. The Morgan fingerprint density at radius 3 is 1.81 bits per heavy atom. The van der Waals surface area contributed by atoms with Crippen molar-refractivity contribution in [3.63, 3.8) is 0 Å². The predicted molar refractivity (Wildman–Crippen MR) is 104 cm³/mol. The molecule has 0 saturated heterocycles. The van der Waals surface area contributed by atoms with Gasteiger partial charge in [-0.1, -0.05) is 68.3 Å². The predicted octanol–water partition coefficient (Wildman–Crippen LogP) is 4.86. The molecule has 2 aromatic carbocycles. The second-order valence-corrected chi connectivity index (χ2v) is 7.68. The first-order valence-corrected chi connectivity index (χ1v) is 9.32. The van der Waals surface area contributed by atoms with Gasteiger partial charge in [-0.2, -0.15) is 15.8 Å². The molecule has 26 heavy (non-hydrogen) atoms. The Kier molecular flexibility index (Phi) is 4.88. The van der Waals surface area contributed by atoms with E-state index < -0.39 is 17.3 Å². The Bertz CT molecular complexity index is 1020. The maximum atomic E-state index is 9.93. The number of halogens is 2. The normalized spacial score (nSPS) is 20.9. The minimum absolute atomic E-state index is 0.0338. The van der Waals surface area contributed by atoms with Crippen molar-refractivity contribution in [2.24, 2.45) is 11.1 Å². The maximum absolute atomic E-state index is 9.93. The van der Waals surface area contributed by atoms with Gasteiger partial charge in [0.2, 0.25) is 0 Å². The molecule has 2 N–H and O–H groups in total. The molecule has 1 aliphatic rings. The standard InChI is InChI=1S/C20H12Br2N4/c21-15-7-3-1-5-12(15)17-14(9-23)19(26)20(10-24,11-25)18(17)13-6-2-4-8-16(13)22/h1-8,17-18H,26H2/t17-,18+/m1/s1. The average molecular weight is 468 g/mol. The van der Waals surface area contributed by atoms with Gasteiger partial charge in [0.05, 0.1) is 29.5 Å². The molecule has 3 rings (SSSR count). The van der Waals surface area contributed by atoms with Gasteiger partial charge in [0.25, 0.3) is 0 Å². The van der Waals surface area contributed by atoms with E-state index in [-0.39, 0.29) is 11.3 Å². The van der Waals surface area contributed by atoms with E-state index in [1.54, 1.807) is 0 Å². The Labute approximate surface area is 168 Å². The van der Waals surface area contributed by atoms with Crippen LogP contribution in [-0.2, 0) is 0 Å². The number of benzene rings is 2. The van der Waals surface area contributed by atoms with E-state index in [9.17, 15) is 15.8 Å². The average Bonchev–Trinajstić information content (AvgIpc) is 2.90. The second kappa shape index (κ2) is 6.96. The van der Waals surface area contributed by atoms with Gasteiger partial charge in [-0.15, -0.1) is 0 Å². The summed E-state index contributed by atoms with van der Waals surface area (Å²) >= 11 is 7.06. The third-order valence-corrected chi connectivity index (χ3v) is 6.22. The molecule has 4 nitrogen and oxygen atoms in total. The van der Waals surface area contributed by atoms with Gasteiger partial charge >= 0.3 is 0 Å². The molecular weight excluding hydrogens is 456 g/mol. The highest BCUT2D eigenvalue weighted by Crippen LogP contribution is 2.59. The van der Waals surface area contributed by atoms with Crippen LogP contribution >= 0.6 is 31.9 Å². The van der Waals surface area contributed by atoms with Crippen molar-refractivity contribution in [2.75, 3.05) is 0 Å². The van der Waals surface area contributed by atoms with E-state index in [1.165, 1.54) is 0 Å². The molecule has 0 aromatic heterocycles. The molecule has 0 unspecified atom stereocenters. The minimum atomic E-state index is -1.62. The van der Waals surface area contributed by atoms with Crippen LogP contribution in [-0.4, -0.2) is 0 Å². The molecule has 0 spiro atoms. The van der Waals surface area contributed by atoms with Crippen LogP contribution < -0.4 is 5.73 Å². The molecule has 0 aliphatic heterocycles. The summed E-state index contributed by atoms with van der Waals surface area (Å²) in [6, 6.07) is 21.3. The quantitative estimate of drug-likeness (QED) is 0.681. The van der Waals surface area contributed by atoms with Gasteiger partial charge in [-0.05, 0) is 23.3 Å². The number of nitrogens with two attached hydrogens (primary N) is 1. The molecule has 0 heterocycles. The van der Waals surface area contributed by atoms with Gasteiger partial charge in [0, 0.05) is 20.8 Å². The third kappa shape index (κ3) is 2.53. The summed E-state index contributed by atoms with van der Waals surface area (Å²) in [5.74, 6) is -1.12. The summed E-state index contributed by atoms with van der Waals surface area (Å²) < 4.78 is 1.57. The number of nitriles is 3. The zero-order valence-corrected chi connectivity index (χ0v) is 16.6. The van der Waals surface area contributed by atoms with Gasteiger partial charge in [0.1, 0.15) is 0 Å². The van der Waals surface area contributed by atoms with Crippen LogP contribution in [0, 0.1) is 39.4 Å². The van der Waals surface area contributed by atoms with Crippen LogP contribution in [0.2, 0.25) is 0 Å². The lowest BCUT2D eigenvalue weighted by Crippen LogP contribution is -2.29. The van der Waals surface area contributed by atoms with E-state index >= 15 is 0 Å². The largest absolute Gasteiger partial charge is 0.399 e. The number of rotatable bonds is 2. The van der Waals surface area contributed by atoms with Crippen LogP contribution in [0.15, 0.2) is 68.7 Å². The van der Waals surface area contributed by atoms with Crippen molar-refractivity contribution in [3.8, 4) is 18.2 Å². The number of allylic oxidation sites excluding steroid dienone is 2. The Morgan fingerprint density at radius 1 is 0.846 bits per heavy atom. The van der Waals surface area contributed by atoms with Crippen LogP contribution in [0.5, 0.6) is 0 Å². The first-order chi connectivity index (χ1) is 12.5. The molecule has 1 aliphatic carbocycles. The van der Waals surface area contributed by atoms with Crippen LogP contribution in [0.4, 0.5) is 0 Å². The molecule has 0 bridgehead atoms. The van der Waals surface area contributed by atoms with E-state index in [0.29, 0.717) is 0 Å². The highest BCUT2D eigenvalue weighted by atomic mass is 79.9. The first-order valence-electron chi connectivity index (χ1n) is 7.73. The van der Waals surface area contributed by atoms with E-state index in [1.807, 2.05) is 48.5 Å². The molecule has 0 amide bonds. The van der Waals surface area contributed by atoms with Gasteiger partial charge in [-0.25, -0.2) is 0 Å². The topological polar surface area (TPSA) is 97.4 Å². The SMILES string of the molecule is N#CC1=C(N)C(C#N)(C#N)[C@@H](c2ccccc2Br)[C@@H]1c1ccccc1Br. The third-order valence-electron chi connectivity index (χ3n) is 4.78. The highest BCUT2D eigenvalue weighted by molar-refractivity contribution is 9.10. The molecular formula is C20H12Br2N4. The first kappa shape index (κ1) is 18.2. The zero-order chi connectivity index (χ0) is 18.9. The minimum Gasteiger partial charge on any atom is -0.399 e. The maximum Gasteiger partial charge on any atom is 0.191 e. The summed E-state index contributed by atoms with van der Waals surface area (Å²) in [7, 11) is 0. The lowest BCUT2D eigenvalue weighted by Gasteiger charge is -2.29. The van der Waals surface area contributed by atoms with Crippen molar-refractivity contribution in [3.05, 3.63) is 79.9 Å². The van der Waals surface area contributed by atoms with Crippen LogP contribution in [0.1, 0.15) is 23.0 Å². The zero-order valence-electron chi connectivity index (χ0n) is 13.4. The van der Waals surface area contributed by atoms with Crippen molar-refractivity contribution in [1.82, 2.24) is 0 Å². The second-order valence-electron chi connectivity index (χ2n) is 5.97. The fourth-order valence-corrected chi connectivity index (χ4v) is 4.64. The van der Waals surface area contributed by atoms with Crippen molar-refractivity contribution < 1.29 is 0 Å². The van der Waals surface area contributed by atoms with Gasteiger partial charge in [0.15, 0.2) is 5.41 Å². The summed E-state index contributed by atoms with van der Waals surface area (Å²) in [6.45, 7) is 0. The monoisotopic (exact) mass is 466 g/mol. The lowest BCUT2D eigenvalue weighted by molar-refractivity contribution is 0.473. The Hall–Kier alpha value is -2.59. The molecule has 2 atom stereocenters. The molecule has 6 heteroatoms. The van der Waals surface area contributed by atoms with Crippen LogP contribution in [0.25, 0.3) is 0 Å². The lowest BCUT2D eigenvalue weighted by atomic mass is 9.70. The molecule has 0 fully saturated rings.